The van der Waals surface area contributed by atoms with Crippen molar-refractivity contribution in [3.63, 3.8) is 0 Å². The molecule has 0 fully saturated rings. The summed E-state index contributed by atoms with van der Waals surface area (Å²) >= 11 is 0. The number of carbonyl (C=O) groups is 2. The molecule has 21 heavy (non-hydrogen) atoms. The third-order valence-corrected chi connectivity index (χ3v) is 2.93. The maximum Gasteiger partial charge on any atom is 0.233 e. The quantitative estimate of drug-likeness (QED) is 0.599. The lowest BCUT2D eigenvalue weighted by atomic mass is 10.00. The minimum Gasteiger partial charge on any atom is -0.285 e. The Kier molecular flexibility index (Phi) is 6.28. The molecular formula is C19H20O2. The van der Waals surface area contributed by atoms with Gasteiger partial charge in [-0.1, -0.05) is 80.6 Å². The second kappa shape index (κ2) is 7.95. The molecule has 0 spiro atoms. The fraction of sp³-hybridized carbons (Fsp3) is 0.158. The van der Waals surface area contributed by atoms with Crippen molar-refractivity contribution in [2.75, 3.05) is 0 Å². The van der Waals surface area contributed by atoms with Gasteiger partial charge in [-0.25, -0.2) is 0 Å². The minimum absolute atomic E-state index is 0.399. The summed E-state index contributed by atoms with van der Waals surface area (Å²) in [5, 5.41) is 0. The molecule has 0 heterocycles. The number of benzene rings is 2. The normalized spacial score (nSPS) is 9.29. The Labute approximate surface area is 126 Å². The average Bonchev–Trinajstić information content (AvgIpc) is 2.56. The minimum atomic E-state index is -0.487. The van der Waals surface area contributed by atoms with Crippen LogP contribution >= 0.6 is 0 Å². The van der Waals surface area contributed by atoms with Gasteiger partial charge in [-0.15, -0.1) is 0 Å². The summed E-state index contributed by atoms with van der Waals surface area (Å²) in [7, 11) is 0. The largest absolute Gasteiger partial charge is 0.285 e. The van der Waals surface area contributed by atoms with Crippen LogP contribution in [-0.2, 0) is 0 Å². The summed E-state index contributed by atoms with van der Waals surface area (Å²) in [4.78, 5) is 24.1. The fourth-order valence-electron chi connectivity index (χ4n) is 1.74. The summed E-state index contributed by atoms with van der Waals surface area (Å²) in [6, 6.07) is 13.8. The maximum atomic E-state index is 12.1. The van der Waals surface area contributed by atoms with Gasteiger partial charge in [0.2, 0.25) is 11.6 Å². The zero-order valence-electron chi connectivity index (χ0n) is 12.7. The Morgan fingerprint density at radius 1 is 0.810 bits per heavy atom. The van der Waals surface area contributed by atoms with Gasteiger partial charge in [0.15, 0.2) is 0 Å². The van der Waals surface area contributed by atoms with E-state index in [1.807, 2.05) is 32.9 Å². The zero-order valence-corrected chi connectivity index (χ0v) is 12.7. The Morgan fingerprint density at radius 2 is 1.19 bits per heavy atom. The van der Waals surface area contributed by atoms with Gasteiger partial charge in [0.1, 0.15) is 0 Å². The molecule has 0 saturated heterocycles. The van der Waals surface area contributed by atoms with Crippen molar-refractivity contribution in [1.82, 2.24) is 0 Å². The van der Waals surface area contributed by atoms with Gasteiger partial charge in [0.25, 0.3) is 0 Å². The third-order valence-electron chi connectivity index (χ3n) is 2.93. The predicted octanol–water partition coefficient (Wildman–Crippen LogP) is 4.73. The van der Waals surface area contributed by atoms with Crippen LogP contribution in [-0.4, -0.2) is 11.6 Å². The highest BCUT2D eigenvalue weighted by Crippen LogP contribution is 2.11. The van der Waals surface area contributed by atoms with Crippen molar-refractivity contribution >= 4 is 17.6 Å². The number of hydrogen-bond donors (Lipinski definition) is 0. The van der Waals surface area contributed by atoms with Crippen LogP contribution in [0.25, 0.3) is 6.08 Å². The summed E-state index contributed by atoms with van der Waals surface area (Å²) in [5.74, 6) is -0.967. The van der Waals surface area contributed by atoms with E-state index in [4.69, 9.17) is 0 Å². The van der Waals surface area contributed by atoms with Crippen molar-refractivity contribution in [2.24, 2.45) is 0 Å². The molecule has 0 aromatic heterocycles. The van der Waals surface area contributed by atoms with Gasteiger partial charge in [-0.2, -0.15) is 0 Å². The fourth-order valence-corrected chi connectivity index (χ4v) is 1.74. The van der Waals surface area contributed by atoms with Crippen molar-refractivity contribution < 1.29 is 9.59 Å². The van der Waals surface area contributed by atoms with Crippen LogP contribution in [0.5, 0.6) is 0 Å². The van der Waals surface area contributed by atoms with Gasteiger partial charge in [0.05, 0.1) is 0 Å². The van der Waals surface area contributed by atoms with Crippen LogP contribution in [0.4, 0.5) is 0 Å². The Morgan fingerprint density at radius 3 is 1.57 bits per heavy atom. The number of aryl methyl sites for hydroxylation is 1. The van der Waals surface area contributed by atoms with E-state index in [1.165, 1.54) is 0 Å². The standard InChI is InChI=1S/C17H14O2.C2H6/c1-3-13-6-10-15(11-7-13)17(19)16(18)14-8-4-12(2)5-9-14;1-2/h3-11H,1H2,2H3;1-2H3. The third kappa shape index (κ3) is 4.25. The lowest BCUT2D eigenvalue weighted by Gasteiger charge is -2.02. The van der Waals surface area contributed by atoms with E-state index >= 15 is 0 Å². The van der Waals surface area contributed by atoms with Crippen LogP contribution < -0.4 is 0 Å². The molecule has 0 atom stereocenters. The number of hydrogen-bond acceptors (Lipinski definition) is 2. The Bertz CT molecular complexity index is 620. The summed E-state index contributed by atoms with van der Waals surface area (Å²) in [6.45, 7) is 9.58. The predicted molar refractivity (Wildman–Crippen MR) is 87.7 cm³/mol. The molecule has 0 aliphatic carbocycles. The molecule has 0 saturated carbocycles. The van der Waals surface area contributed by atoms with Crippen LogP contribution in [0.15, 0.2) is 55.1 Å². The van der Waals surface area contributed by atoms with Crippen molar-refractivity contribution in [3.05, 3.63) is 77.4 Å². The van der Waals surface area contributed by atoms with Gasteiger partial charge in [-0.3, -0.25) is 9.59 Å². The SMILES string of the molecule is C=Cc1ccc(C(=O)C(=O)c2ccc(C)cc2)cc1.CC. The molecule has 0 N–H and O–H groups in total. The number of Topliss-reactive ketones (excluding diaryl/α,β-unsaturated/α-hetero) is 2. The highest BCUT2D eigenvalue weighted by atomic mass is 16.2. The number of rotatable bonds is 4. The topological polar surface area (TPSA) is 34.1 Å². The van der Waals surface area contributed by atoms with Gasteiger partial charge in [0, 0.05) is 11.1 Å². The van der Waals surface area contributed by atoms with E-state index in [-0.39, 0.29) is 0 Å². The highest BCUT2D eigenvalue weighted by Gasteiger charge is 2.17. The first-order valence-electron chi connectivity index (χ1n) is 7.00. The van der Waals surface area contributed by atoms with E-state index in [1.54, 1.807) is 42.5 Å². The smallest absolute Gasteiger partial charge is 0.233 e. The zero-order chi connectivity index (χ0) is 15.8. The lowest BCUT2D eigenvalue weighted by Crippen LogP contribution is -2.14. The second-order valence-corrected chi connectivity index (χ2v) is 4.35. The van der Waals surface area contributed by atoms with E-state index in [0.29, 0.717) is 11.1 Å². The van der Waals surface area contributed by atoms with Crippen LogP contribution in [0, 0.1) is 6.92 Å². The molecule has 0 aliphatic rings. The molecule has 0 amide bonds. The van der Waals surface area contributed by atoms with Gasteiger partial charge < -0.3 is 0 Å². The monoisotopic (exact) mass is 280 g/mol. The molecule has 0 unspecified atom stereocenters. The second-order valence-electron chi connectivity index (χ2n) is 4.35. The van der Waals surface area contributed by atoms with E-state index in [2.05, 4.69) is 6.58 Å². The molecule has 0 aliphatic heterocycles. The molecule has 108 valence electrons. The van der Waals surface area contributed by atoms with Crippen LogP contribution in [0.1, 0.15) is 45.7 Å². The molecule has 2 nitrogen and oxygen atoms in total. The molecule has 2 rings (SSSR count). The van der Waals surface area contributed by atoms with Crippen molar-refractivity contribution in [1.29, 1.82) is 0 Å². The van der Waals surface area contributed by atoms with E-state index in [9.17, 15) is 9.59 Å². The first-order valence-corrected chi connectivity index (χ1v) is 7.00. The van der Waals surface area contributed by atoms with Gasteiger partial charge in [-0.05, 0) is 12.5 Å². The first-order chi connectivity index (χ1) is 10.1. The maximum absolute atomic E-state index is 12.1. The van der Waals surface area contributed by atoms with E-state index in [0.717, 1.165) is 11.1 Å². The van der Waals surface area contributed by atoms with Crippen LogP contribution in [0.2, 0.25) is 0 Å². The molecule has 2 aromatic carbocycles. The molecule has 0 bridgehead atoms. The molecule has 2 aromatic rings. The molecular weight excluding hydrogens is 260 g/mol. The molecule has 0 radical (unpaired) electrons. The Balaban J connectivity index is 0.00000106. The highest BCUT2D eigenvalue weighted by molar-refractivity contribution is 6.49. The lowest BCUT2D eigenvalue weighted by molar-refractivity contribution is 0.0817. The first kappa shape index (κ1) is 16.6. The molecule has 2 heteroatoms. The summed E-state index contributed by atoms with van der Waals surface area (Å²) in [6.07, 6.45) is 1.69. The van der Waals surface area contributed by atoms with Gasteiger partial charge >= 0.3 is 0 Å². The van der Waals surface area contributed by atoms with E-state index < -0.39 is 11.6 Å². The average molecular weight is 280 g/mol. The Hall–Kier alpha value is -2.48. The van der Waals surface area contributed by atoms with Crippen molar-refractivity contribution in [2.45, 2.75) is 20.8 Å². The number of carbonyl (C=O) groups excluding carboxylic acids is 2. The number of ketones is 2. The summed E-state index contributed by atoms with van der Waals surface area (Å²) < 4.78 is 0. The van der Waals surface area contributed by atoms with Crippen LogP contribution in [0.3, 0.4) is 0 Å². The summed E-state index contributed by atoms with van der Waals surface area (Å²) in [5.41, 5.74) is 2.79. The van der Waals surface area contributed by atoms with Crippen molar-refractivity contribution in [3.8, 4) is 0 Å².